The second-order valence-corrected chi connectivity index (χ2v) is 5.85. The van der Waals surface area contributed by atoms with Crippen LogP contribution < -0.4 is 10.6 Å². The van der Waals surface area contributed by atoms with E-state index in [1.807, 2.05) is 24.1 Å². The molecule has 0 aromatic heterocycles. The molecule has 1 unspecified atom stereocenters. The Hall–Kier alpha value is -1.88. The molecule has 21 heavy (non-hydrogen) atoms. The molecule has 1 atom stereocenters. The highest BCUT2D eigenvalue weighted by atomic mass is 16.2. The first-order valence-electron chi connectivity index (χ1n) is 7.56. The Labute approximate surface area is 124 Å². The van der Waals surface area contributed by atoms with Crippen molar-refractivity contribution in [1.29, 1.82) is 0 Å². The number of fused-ring (bicyclic) bond motifs is 1. The van der Waals surface area contributed by atoms with Gasteiger partial charge in [0.1, 0.15) is 0 Å². The van der Waals surface area contributed by atoms with Gasteiger partial charge in [0, 0.05) is 24.3 Å². The van der Waals surface area contributed by atoms with Gasteiger partial charge in [-0.2, -0.15) is 0 Å². The monoisotopic (exact) mass is 287 g/mol. The Morgan fingerprint density at radius 2 is 2.14 bits per heavy atom. The summed E-state index contributed by atoms with van der Waals surface area (Å²) in [4.78, 5) is 25.9. The van der Waals surface area contributed by atoms with Gasteiger partial charge in [0.05, 0.1) is 6.42 Å². The second-order valence-electron chi connectivity index (χ2n) is 5.85. The molecule has 0 aliphatic carbocycles. The molecule has 0 bridgehead atoms. The summed E-state index contributed by atoms with van der Waals surface area (Å²) in [5.74, 6) is 0.0312. The van der Waals surface area contributed by atoms with Crippen LogP contribution in [0.3, 0.4) is 0 Å². The maximum Gasteiger partial charge on any atom is 0.253 e. The normalized spacial score (nSPS) is 21.4. The van der Waals surface area contributed by atoms with Crippen LogP contribution in [0.25, 0.3) is 0 Å². The number of anilines is 1. The van der Waals surface area contributed by atoms with Crippen molar-refractivity contribution in [2.75, 3.05) is 25.5 Å². The maximum absolute atomic E-state index is 12.6. The molecule has 2 heterocycles. The summed E-state index contributed by atoms with van der Waals surface area (Å²) in [6.07, 6.45) is 3.54. The molecule has 5 heteroatoms. The van der Waals surface area contributed by atoms with Crippen molar-refractivity contribution in [2.24, 2.45) is 0 Å². The molecule has 1 saturated heterocycles. The highest BCUT2D eigenvalue weighted by molar-refractivity contribution is 6.02. The Balaban J connectivity index is 1.75. The highest BCUT2D eigenvalue weighted by Crippen LogP contribution is 2.25. The molecular formula is C16H21N3O2. The Morgan fingerprint density at radius 1 is 1.29 bits per heavy atom. The summed E-state index contributed by atoms with van der Waals surface area (Å²) >= 11 is 0. The highest BCUT2D eigenvalue weighted by Gasteiger charge is 2.24. The van der Waals surface area contributed by atoms with E-state index in [0.717, 1.165) is 43.6 Å². The van der Waals surface area contributed by atoms with E-state index in [-0.39, 0.29) is 17.9 Å². The number of nitrogens with one attached hydrogen (secondary N) is 2. The number of rotatable bonds is 2. The predicted molar refractivity (Wildman–Crippen MR) is 81.4 cm³/mol. The third-order valence-electron chi connectivity index (χ3n) is 4.40. The van der Waals surface area contributed by atoms with Crippen LogP contribution in [0.4, 0.5) is 5.69 Å². The molecule has 3 rings (SSSR count). The molecule has 2 amide bonds. The molecule has 0 saturated carbocycles. The number of carbonyl (C=O) groups is 2. The van der Waals surface area contributed by atoms with Crippen molar-refractivity contribution < 1.29 is 9.59 Å². The SMILES string of the molecule is CN(C(=O)c1ccc2c(c1)NC(=O)C2)C1CCCNCC1. The van der Waals surface area contributed by atoms with Gasteiger partial charge in [0.2, 0.25) is 5.91 Å². The van der Waals surface area contributed by atoms with E-state index in [0.29, 0.717) is 12.0 Å². The number of hydrogen-bond donors (Lipinski definition) is 2. The Bertz CT molecular complexity index is 563. The van der Waals surface area contributed by atoms with Gasteiger partial charge in [0.15, 0.2) is 0 Å². The third-order valence-corrected chi connectivity index (χ3v) is 4.40. The first-order chi connectivity index (χ1) is 10.1. The zero-order valence-corrected chi connectivity index (χ0v) is 12.3. The Morgan fingerprint density at radius 3 is 3.00 bits per heavy atom. The van der Waals surface area contributed by atoms with E-state index < -0.39 is 0 Å². The minimum absolute atomic E-state index is 0.00204. The molecule has 0 spiro atoms. The lowest BCUT2D eigenvalue weighted by atomic mass is 10.0. The maximum atomic E-state index is 12.6. The fourth-order valence-electron chi connectivity index (χ4n) is 3.10. The number of hydrogen-bond acceptors (Lipinski definition) is 3. The molecular weight excluding hydrogens is 266 g/mol. The fourth-order valence-corrected chi connectivity index (χ4v) is 3.10. The summed E-state index contributed by atoms with van der Waals surface area (Å²) in [5.41, 5.74) is 2.40. The van der Waals surface area contributed by atoms with Crippen LogP contribution in [0, 0.1) is 0 Å². The fraction of sp³-hybridized carbons (Fsp3) is 0.500. The summed E-state index contributed by atoms with van der Waals surface area (Å²) in [7, 11) is 1.88. The number of nitrogens with zero attached hydrogens (tertiary/aromatic N) is 1. The van der Waals surface area contributed by atoms with E-state index in [9.17, 15) is 9.59 Å². The van der Waals surface area contributed by atoms with Gasteiger partial charge in [-0.05, 0) is 50.0 Å². The molecule has 112 valence electrons. The average Bonchev–Trinajstić information content (AvgIpc) is 2.68. The number of carbonyl (C=O) groups excluding carboxylic acids is 2. The molecule has 1 aromatic rings. The molecule has 5 nitrogen and oxygen atoms in total. The predicted octanol–water partition coefficient (Wildman–Crippen LogP) is 1.40. The van der Waals surface area contributed by atoms with Gasteiger partial charge in [-0.15, -0.1) is 0 Å². The van der Waals surface area contributed by atoms with Crippen molar-refractivity contribution >= 4 is 17.5 Å². The second kappa shape index (κ2) is 5.85. The first kappa shape index (κ1) is 14.1. The van der Waals surface area contributed by atoms with Crippen molar-refractivity contribution in [3.8, 4) is 0 Å². The minimum Gasteiger partial charge on any atom is -0.339 e. The van der Waals surface area contributed by atoms with Crippen molar-refractivity contribution in [2.45, 2.75) is 31.7 Å². The molecule has 2 aliphatic rings. The third kappa shape index (κ3) is 2.93. The van der Waals surface area contributed by atoms with Gasteiger partial charge < -0.3 is 15.5 Å². The van der Waals surface area contributed by atoms with Gasteiger partial charge in [-0.1, -0.05) is 6.07 Å². The molecule has 2 aliphatic heterocycles. The van der Waals surface area contributed by atoms with Gasteiger partial charge in [-0.25, -0.2) is 0 Å². The standard InChI is InChI=1S/C16H21N3O2/c1-19(13-3-2-7-17-8-6-13)16(21)12-5-4-11-10-15(20)18-14(11)9-12/h4-5,9,13,17H,2-3,6-8,10H2,1H3,(H,18,20). The van der Waals surface area contributed by atoms with E-state index in [2.05, 4.69) is 10.6 Å². The van der Waals surface area contributed by atoms with Crippen LogP contribution in [0.15, 0.2) is 18.2 Å². The van der Waals surface area contributed by atoms with Crippen LogP contribution in [0.2, 0.25) is 0 Å². The van der Waals surface area contributed by atoms with Gasteiger partial charge >= 0.3 is 0 Å². The minimum atomic E-state index is -0.00204. The van der Waals surface area contributed by atoms with Gasteiger partial charge in [-0.3, -0.25) is 9.59 Å². The average molecular weight is 287 g/mol. The number of benzene rings is 1. The first-order valence-corrected chi connectivity index (χ1v) is 7.56. The molecule has 0 radical (unpaired) electrons. The molecule has 1 fully saturated rings. The van der Waals surface area contributed by atoms with E-state index in [1.165, 1.54) is 0 Å². The Kier molecular flexibility index (Phi) is 3.92. The van der Waals surface area contributed by atoms with Crippen LogP contribution >= 0.6 is 0 Å². The lowest BCUT2D eigenvalue weighted by molar-refractivity contribution is -0.115. The van der Waals surface area contributed by atoms with E-state index >= 15 is 0 Å². The molecule has 1 aromatic carbocycles. The summed E-state index contributed by atoms with van der Waals surface area (Å²) < 4.78 is 0. The summed E-state index contributed by atoms with van der Waals surface area (Å²) in [6, 6.07) is 5.79. The van der Waals surface area contributed by atoms with Crippen LogP contribution in [-0.4, -0.2) is 42.9 Å². The van der Waals surface area contributed by atoms with Crippen LogP contribution in [0.5, 0.6) is 0 Å². The lowest BCUT2D eigenvalue weighted by Gasteiger charge is -2.27. The summed E-state index contributed by atoms with van der Waals surface area (Å²) in [6.45, 7) is 1.99. The van der Waals surface area contributed by atoms with Gasteiger partial charge in [0.25, 0.3) is 5.91 Å². The lowest BCUT2D eigenvalue weighted by Crippen LogP contribution is -2.37. The largest absolute Gasteiger partial charge is 0.339 e. The summed E-state index contributed by atoms with van der Waals surface area (Å²) in [5, 5.41) is 6.17. The smallest absolute Gasteiger partial charge is 0.253 e. The van der Waals surface area contributed by atoms with E-state index in [1.54, 1.807) is 6.07 Å². The van der Waals surface area contributed by atoms with Crippen LogP contribution in [-0.2, 0) is 11.2 Å². The zero-order valence-electron chi connectivity index (χ0n) is 12.3. The van der Waals surface area contributed by atoms with E-state index in [4.69, 9.17) is 0 Å². The van der Waals surface area contributed by atoms with Crippen molar-refractivity contribution in [3.05, 3.63) is 29.3 Å². The van der Waals surface area contributed by atoms with Crippen LogP contribution in [0.1, 0.15) is 35.2 Å². The number of amides is 2. The zero-order chi connectivity index (χ0) is 14.8. The van der Waals surface area contributed by atoms with Crippen molar-refractivity contribution in [3.63, 3.8) is 0 Å². The topological polar surface area (TPSA) is 61.4 Å². The van der Waals surface area contributed by atoms with Crippen molar-refractivity contribution in [1.82, 2.24) is 10.2 Å². The quantitative estimate of drug-likeness (QED) is 0.864. The molecule has 2 N–H and O–H groups in total.